The van der Waals surface area contributed by atoms with Crippen LogP contribution >= 0.6 is 0 Å². The summed E-state index contributed by atoms with van der Waals surface area (Å²) in [6.07, 6.45) is 3.60. The Hall–Kier alpha value is -2.55. The minimum Gasteiger partial charge on any atom is -0.480 e. The summed E-state index contributed by atoms with van der Waals surface area (Å²) < 4.78 is 5.84. The van der Waals surface area contributed by atoms with Crippen molar-refractivity contribution in [3.05, 3.63) is 71.3 Å². The average Bonchev–Trinajstić information content (AvgIpc) is 2.47. The number of para-hydroxylation sites is 1. The molecule has 0 saturated carbocycles. The van der Waals surface area contributed by atoms with Gasteiger partial charge >= 0.3 is 5.97 Å². The number of hydrogen-bond donors (Lipinski definition) is 1. The highest BCUT2D eigenvalue weighted by Gasteiger charge is 2.21. The third kappa shape index (κ3) is 2.10. The Labute approximate surface area is 110 Å². The molecule has 0 aliphatic carbocycles. The van der Waals surface area contributed by atoms with Crippen molar-refractivity contribution in [1.82, 2.24) is 0 Å². The van der Waals surface area contributed by atoms with Crippen LogP contribution in [0.1, 0.15) is 27.6 Å². The van der Waals surface area contributed by atoms with E-state index in [4.69, 9.17) is 4.74 Å². The molecule has 0 radical (unpaired) electrons. The summed E-state index contributed by atoms with van der Waals surface area (Å²) in [5.41, 5.74) is 2.00. The molecular formula is C16H12O3. The molecule has 0 saturated heterocycles. The van der Waals surface area contributed by atoms with E-state index in [-0.39, 0.29) is 11.7 Å². The molecule has 1 unspecified atom stereocenters. The number of carboxylic acid groups (broad SMARTS) is 1. The van der Waals surface area contributed by atoms with Gasteiger partial charge in [-0.3, -0.25) is 0 Å². The maximum absolute atomic E-state index is 11.2. The van der Waals surface area contributed by atoms with E-state index in [0.29, 0.717) is 5.75 Å². The summed E-state index contributed by atoms with van der Waals surface area (Å²) in [5, 5.41) is 9.19. The van der Waals surface area contributed by atoms with E-state index in [9.17, 15) is 9.90 Å². The molecule has 3 nitrogen and oxygen atoms in total. The molecule has 3 heteroatoms. The second kappa shape index (κ2) is 4.61. The Kier molecular flexibility index (Phi) is 2.80. The number of rotatable bonds is 2. The Balaban J connectivity index is 2.02. The summed E-state index contributed by atoms with van der Waals surface area (Å²) in [5.74, 6) is -0.537. The zero-order chi connectivity index (χ0) is 13.2. The molecule has 0 aromatic heterocycles. The predicted octanol–water partition coefficient (Wildman–Crippen LogP) is 3.53. The fraction of sp³-hybridized carbons (Fsp3) is 0.0625. The largest absolute Gasteiger partial charge is 0.480 e. The van der Waals surface area contributed by atoms with Crippen molar-refractivity contribution in [2.75, 3.05) is 0 Å². The van der Waals surface area contributed by atoms with Gasteiger partial charge < -0.3 is 9.84 Å². The van der Waals surface area contributed by atoms with Crippen LogP contribution in [0.3, 0.4) is 0 Å². The summed E-state index contributed by atoms with van der Waals surface area (Å²) in [6, 6.07) is 14.9. The molecule has 1 N–H and O–H groups in total. The molecule has 0 fully saturated rings. The van der Waals surface area contributed by atoms with E-state index in [2.05, 4.69) is 0 Å². The molecule has 0 amide bonds. The first kappa shape index (κ1) is 11.5. The van der Waals surface area contributed by atoms with Gasteiger partial charge in [-0.15, -0.1) is 0 Å². The van der Waals surface area contributed by atoms with Gasteiger partial charge in [-0.1, -0.05) is 48.5 Å². The Morgan fingerprint density at radius 3 is 2.58 bits per heavy atom. The normalized spacial score (nSPS) is 16.5. The van der Waals surface area contributed by atoms with Gasteiger partial charge in [-0.2, -0.15) is 0 Å². The van der Waals surface area contributed by atoms with Crippen LogP contribution in [-0.4, -0.2) is 11.1 Å². The maximum atomic E-state index is 11.2. The molecular weight excluding hydrogens is 240 g/mol. The first-order valence-electron chi connectivity index (χ1n) is 6.02. The van der Waals surface area contributed by atoms with Crippen LogP contribution in [0.4, 0.5) is 0 Å². The van der Waals surface area contributed by atoms with Crippen molar-refractivity contribution in [3.63, 3.8) is 0 Å². The summed E-state index contributed by atoms with van der Waals surface area (Å²) in [4.78, 5) is 11.2. The highest BCUT2D eigenvalue weighted by Crippen LogP contribution is 2.35. The lowest BCUT2D eigenvalue weighted by Crippen LogP contribution is -2.12. The molecule has 19 heavy (non-hydrogen) atoms. The standard InChI is InChI=1S/C16H12O3/c17-16(18)13-8-4-7-12-9-10-14(19-15(12)13)11-5-2-1-3-6-11/h1-10,14H,(H,17,18). The first-order valence-corrected chi connectivity index (χ1v) is 6.02. The molecule has 0 bridgehead atoms. The van der Waals surface area contributed by atoms with E-state index < -0.39 is 5.97 Å². The number of benzene rings is 2. The molecule has 0 spiro atoms. The number of aromatic carboxylic acids is 1. The molecule has 1 heterocycles. The topological polar surface area (TPSA) is 46.5 Å². The molecule has 1 atom stereocenters. The van der Waals surface area contributed by atoms with E-state index >= 15 is 0 Å². The Bertz CT molecular complexity index is 644. The molecule has 1 aliphatic heterocycles. The fourth-order valence-corrected chi connectivity index (χ4v) is 2.17. The summed E-state index contributed by atoms with van der Waals surface area (Å²) in [6.45, 7) is 0. The lowest BCUT2D eigenvalue weighted by atomic mass is 10.0. The predicted molar refractivity (Wildman–Crippen MR) is 72.2 cm³/mol. The van der Waals surface area contributed by atoms with E-state index in [1.165, 1.54) is 0 Å². The van der Waals surface area contributed by atoms with Crippen molar-refractivity contribution in [2.45, 2.75) is 6.10 Å². The number of ether oxygens (including phenoxy) is 1. The van der Waals surface area contributed by atoms with Gasteiger partial charge in [0, 0.05) is 5.56 Å². The van der Waals surface area contributed by atoms with Crippen LogP contribution < -0.4 is 4.74 Å². The molecule has 2 aromatic rings. The van der Waals surface area contributed by atoms with E-state index in [1.807, 2.05) is 48.6 Å². The quantitative estimate of drug-likeness (QED) is 0.889. The zero-order valence-electron chi connectivity index (χ0n) is 10.1. The van der Waals surface area contributed by atoms with Gasteiger partial charge in [-0.25, -0.2) is 4.79 Å². The SMILES string of the molecule is O=C(O)c1cccc2c1OC(c1ccccc1)C=C2. The Morgan fingerprint density at radius 1 is 1.05 bits per heavy atom. The van der Waals surface area contributed by atoms with Crippen LogP contribution in [0, 0.1) is 0 Å². The van der Waals surface area contributed by atoms with Crippen LogP contribution in [0.2, 0.25) is 0 Å². The average molecular weight is 252 g/mol. The minimum absolute atomic E-state index is 0.197. The number of carbonyl (C=O) groups is 1. The second-order valence-corrected chi connectivity index (χ2v) is 4.34. The van der Waals surface area contributed by atoms with Gasteiger partial charge in [0.2, 0.25) is 0 Å². The smallest absolute Gasteiger partial charge is 0.339 e. The van der Waals surface area contributed by atoms with Crippen LogP contribution in [0.15, 0.2) is 54.6 Å². The molecule has 94 valence electrons. The Morgan fingerprint density at radius 2 is 1.84 bits per heavy atom. The van der Waals surface area contributed by atoms with Gasteiger partial charge in [0.05, 0.1) is 0 Å². The highest BCUT2D eigenvalue weighted by molar-refractivity contribution is 5.92. The highest BCUT2D eigenvalue weighted by atomic mass is 16.5. The van der Waals surface area contributed by atoms with E-state index in [1.54, 1.807) is 12.1 Å². The molecule has 1 aliphatic rings. The lowest BCUT2D eigenvalue weighted by Gasteiger charge is -2.23. The van der Waals surface area contributed by atoms with Gasteiger partial charge in [0.25, 0.3) is 0 Å². The third-order valence-electron chi connectivity index (χ3n) is 3.10. The van der Waals surface area contributed by atoms with Gasteiger partial charge in [0.1, 0.15) is 17.4 Å². The first-order chi connectivity index (χ1) is 9.25. The van der Waals surface area contributed by atoms with Gasteiger partial charge in [0.15, 0.2) is 0 Å². The summed E-state index contributed by atoms with van der Waals surface area (Å²) in [7, 11) is 0. The number of fused-ring (bicyclic) bond motifs is 1. The maximum Gasteiger partial charge on any atom is 0.339 e. The van der Waals surface area contributed by atoms with Crippen molar-refractivity contribution in [3.8, 4) is 5.75 Å². The van der Waals surface area contributed by atoms with Crippen molar-refractivity contribution in [2.24, 2.45) is 0 Å². The van der Waals surface area contributed by atoms with Crippen LogP contribution in [0.5, 0.6) is 5.75 Å². The molecule has 3 rings (SSSR count). The van der Waals surface area contributed by atoms with Crippen LogP contribution in [0.25, 0.3) is 6.08 Å². The van der Waals surface area contributed by atoms with E-state index in [0.717, 1.165) is 11.1 Å². The van der Waals surface area contributed by atoms with Crippen molar-refractivity contribution in [1.29, 1.82) is 0 Å². The number of carboxylic acids is 1. The van der Waals surface area contributed by atoms with Crippen molar-refractivity contribution >= 4 is 12.0 Å². The minimum atomic E-state index is -0.973. The van der Waals surface area contributed by atoms with Crippen molar-refractivity contribution < 1.29 is 14.6 Å². The zero-order valence-corrected chi connectivity index (χ0v) is 10.1. The number of hydrogen-bond acceptors (Lipinski definition) is 2. The van der Waals surface area contributed by atoms with Gasteiger partial charge in [-0.05, 0) is 17.7 Å². The van der Waals surface area contributed by atoms with Crippen LogP contribution in [-0.2, 0) is 0 Å². The lowest BCUT2D eigenvalue weighted by molar-refractivity contribution is 0.0690. The summed E-state index contributed by atoms with van der Waals surface area (Å²) >= 11 is 0. The molecule has 2 aromatic carbocycles. The monoisotopic (exact) mass is 252 g/mol. The second-order valence-electron chi connectivity index (χ2n) is 4.34. The fourth-order valence-electron chi connectivity index (χ4n) is 2.17. The third-order valence-corrected chi connectivity index (χ3v) is 3.10.